The minimum atomic E-state index is -1.57. The monoisotopic (exact) mass is 558 g/mol. The molecule has 1 aromatic carbocycles. The molecule has 3 amide bonds. The Bertz CT molecular complexity index is 1240. The molecule has 1 aliphatic rings. The van der Waals surface area contributed by atoms with Crippen molar-refractivity contribution in [1.29, 1.82) is 0 Å². The summed E-state index contributed by atoms with van der Waals surface area (Å²) in [5, 5.41) is 25.0. The number of aromatic amines is 1. The highest BCUT2D eigenvalue weighted by molar-refractivity contribution is 5.95. The molecule has 40 heavy (non-hydrogen) atoms. The van der Waals surface area contributed by atoms with E-state index in [1.807, 2.05) is 30.5 Å². The number of benzene rings is 1. The van der Waals surface area contributed by atoms with Crippen LogP contribution in [0.25, 0.3) is 10.9 Å². The lowest BCUT2D eigenvalue weighted by Crippen LogP contribution is -2.58. The number of aliphatic hydroxyl groups excluding tert-OH is 1. The molecular formula is C26H38N8O6. The fraction of sp³-hybridized carbons (Fsp3) is 0.500. The van der Waals surface area contributed by atoms with Gasteiger partial charge in [-0.3, -0.25) is 19.4 Å². The van der Waals surface area contributed by atoms with E-state index in [2.05, 4.69) is 20.6 Å². The molecule has 0 saturated carbocycles. The Hall–Kier alpha value is -4.17. The number of aliphatic carboxylic acids is 1. The van der Waals surface area contributed by atoms with Gasteiger partial charge in [0.05, 0.1) is 12.1 Å². The minimum Gasteiger partial charge on any atom is -0.480 e. The van der Waals surface area contributed by atoms with Gasteiger partial charge in [0.1, 0.15) is 12.1 Å². The van der Waals surface area contributed by atoms with E-state index in [1.165, 1.54) is 11.8 Å². The number of aliphatic imine (C=N–C) groups is 1. The van der Waals surface area contributed by atoms with E-state index in [0.717, 1.165) is 16.5 Å². The van der Waals surface area contributed by atoms with Crippen LogP contribution in [0.3, 0.4) is 0 Å². The number of amides is 3. The van der Waals surface area contributed by atoms with Crippen LogP contribution in [-0.4, -0.2) is 93.1 Å². The van der Waals surface area contributed by atoms with Crippen LogP contribution in [0.15, 0.2) is 35.5 Å². The third kappa shape index (κ3) is 7.70. The van der Waals surface area contributed by atoms with E-state index in [4.69, 9.17) is 17.2 Å². The van der Waals surface area contributed by atoms with Crippen LogP contribution in [0.2, 0.25) is 0 Å². The summed E-state index contributed by atoms with van der Waals surface area (Å²) in [6.45, 7) is 1.74. The van der Waals surface area contributed by atoms with Gasteiger partial charge < -0.3 is 47.9 Å². The quantitative estimate of drug-likeness (QED) is 0.0810. The maximum atomic E-state index is 13.3. The number of nitrogens with one attached hydrogen (secondary N) is 3. The summed E-state index contributed by atoms with van der Waals surface area (Å²) in [4.78, 5) is 59.5. The van der Waals surface area contributed by atoms with E-state index in [9.17, 15) is 29.4 Å². The number of carbonyl (C=O) groups excluding carboxylic acids is 3. The number of carbonyl (C=O) groups is 4. The smallest absolute Gasteiger partial charge is 0.328 e. The number of carboxylic acids is 1. The summed E-state index contributed by atoms with van der Waals surface area (Å²) >= 11 is 0. The van der Waals surface area contributed by atoms with Crippen LogP contribution >= 0.6 is 0 Å². The molecule has 1 aliphatic heterocycles. The van der Waals surface area contributed by atoms with Crippen molar-refractivity contribution in [3.8, 4) is 0 Å². The van der Waals surface area contributed by atoms with Gasteiger partial charge in [-0.1, -0.05) is 18.2 Å². The van der Waals surface area contributed by atoms with Crippen molar-refractivity contribution in [3.63, 3.8) is 0 Å². The SMILES string of the molecule is C[C@@H](O)[C@H](NC(=O)[C@H](CCCN=C(N)N)NC(=O)[C@@H]1CCCN1C(=O)[C@@H](N)Cc1c[nH]c2ccccc12)C(=O)O. The third-order valence-corrected chi connectivity index (χ3v) is 6.89. The highest BCUT2D eigenvalue weighted by atomic mass is 16.4. The number of H-pyrrole nitrogens is 1. The van der Waals surface area contributed by atoms with Crippen molar-refractivity contribution < 1.29 is 29.4 Å². The third-order valence-electron chi connectivity index (χ3n) is 6.89. The van der Waals surface area contributed by atoms with Crippen molar-refractivity contribution >= 4 is 40.6 Å². The summed E-state index contributed by atoms with van der Waals surface area (Å²) in [6, 6.07) is 3.22. The molecule has 1 saturated heterocycles. The molecule has 1 fully saturated rings. The van der Waals surface area contributed by atoms with E-state index < -0.39 is 48.1 Å². The molecule has 3 rings (SSSR count). The first-order chi connectivity index (χ1) is 19.0. The lowest BCUT2D eigenvalue weighted by Gasteiger charge is -2.29. The topological polar surface area (TPSA) is 242 Å². The van der Waals surface area contributed by atoms with Crippen LogP contribution in [0.1, 0.15) is 38.2 Å². The molecular weight excluding hydrogens is 520 g/mol. The lowest BCUT2D eigenvalue weighted by molar-refractivity contribution is -0.145. The van der Waals surface area contributed by atoms with Gasteiger partial charge in [-0.05, 0) is 50.7 Å². The van der Waals surface area contributed by atoms with Crippen molar-refractivity contribution in [1.82, 2.24) is 20.5 Å². The summed E-state index contributed by atoms with van der Waals surface area (Å²) in [6.07, 6.45) is 2.06. The number of nitrogens with two attached hydrogens (primary N) is 3. The second-order valence-corrected chi connectivity index (χ2v) is 9.93. The van der Waals surface area contributed by atoms with E-state index in [1.54, 1.807) is 0 Å². The van der Waals surface area contributed by atoms with Gasteiger partial charge in [0, 0.05) is 30.2 Å². The van der Waals surface area contributed by atoms with Gasteiger partial charge in [-0.25, -0.2) is 4.79 Å². The fourth-order valence-electron chi connectivity index (χ4n) is 4.82. The molecule has 218 valence electrons. The number of hydrogen-bond acceptors (Lipinski definition) is 7. The Morgan fingerprint density at radius 2 is 1.93 bits per heavy atom. The van der Waals surface area contributed by atoms with Gasteiger partial charge in [0.15, 0.2) is 12.0 Å². The van der Waals surface area contributed by atoms with E-state index >= 15 is 0 Å². The molecule has 14 heteroatoms. The largest absolute Gasteiger partial charge is 0.480 e. The second-order valence-electron chi connectivity index (χ2n) is 9.93. The Morgan fingerprint density at radius 3 is 2.60 bits per heavy atom. The molecule has 0 unspecified atom stereocenters. The van der Waals surface area contributed by atoms with Crippen molar-refractivity contribution in [2.24, 2.45) is 22.2 Å². The van der Waals surface area contributed by atoms with Gasteiger partial charge in [-0.15, -0.1) is 0 Å². The first kappa shape index (κ1) is 30.4. The summed E-state index contributed by atoms with van der Waals surface area (Å²) in [7, 11) is 0. The standard InChI is InChI=1S/C26H38N8O6/c1-14(35)21(25(39)40)33-22(36)19(8-4-10-30-26(28)29)32-23(37)20-9-5-11-34(20)24(38)17(27)12-15-13-31-18-7-3-2-6-16(15)18/h2-3,6-7,13-14,17,19-21,31,35H,4-5,8-12,27H2,1H3,(H,32,37)(H,33,36)(H,39,40)(H4,28,29,30)/t14-,17+,19+,20+,21+/m1/s1. The number of rotatable bonds is 13. The van der Waals surface area contributed by atoms with Crippen LogP contribution in [0.5, 0.6) is 0 Å². The molecule has 11 N–H and O–H groups in total. The highest BCUT2D eigenvalue weighted by Crippen LogP contribution is 2.22. The van der Waals surface area contributed by atoms with Crippen molar-refractivity contribution in [2.75, 3.05) is 13.1 Å². The number of guanidine groups is 1. The molecule has 0 radical (unpaired) electrons. The summed E-state index contributed by atoms with van der Waals surface area (Å²) in [5.41, 5.74) is 18.8. The van der Waals surface area contributed by atoms with Crippen LogP contribution in [0.4, 0.5) is 0 Å². The molecule has 0 aliphatic carbocycles. The predicted octanol–water partition coefficient (Wildman–Crippen LogP) is -1.48. The number of nitrogens with zero attached hydrogens (tertiary/aromatic N) is 2. The summed E-state index contributed by atoms with van der Waals surface area (Å²) in [5.74, 6) is -3.29. The van der Waals surface area contributed by atoms with E-state index in [0.29, 0.717) is 25.8 Å². The Kier molecular flexibility index (Phi) is 10.4. The molecule has 14 nitrogen and oxygen atoms in total. The average molecular weight is 559 g/mol. The Morgan fingerprint density at radius 1 is 1.20 bits per heavy atom. The maximum Gasteiger partial charge on any atom is 0.328 e. The molecule has 0 spiro atoms. The normalized spacial score (nSPS) is 18.0. The van der Waals surface area contributed by atoms with Gasteiger partial charge in [0.25, 0.3) is 0 Å². The number of carboxylic acid groups (broad SMARTS) is 1. The average Bonchev–Trinajstić information content (AvgIpc) is 3.55. The number of para-hydroxylation sites is 1. The minimum absolute atomic E-state index is 0.0846. The van der Waals surface area contributed by atoms with Crippen LogP contribution < -0.4 is 27.8 Å². The predicted molar refractivity (Wildman–Crippen MR) is 148 cm³/mol. The summed E-state index contributed by atoms with van der Waals surface area (Å²) < 4.78 is 0. The molecule has 5 atom stereocenters. The number of hydrogen-bond donors (Lipinski definition) is 8. The zero-order valence-electron chi connectivity index (χ0n) is 22.4. The van der Waals surface area contributed by atoms with Crippen molar-refractivity contribution in [3.05, 3.63) is 36.0 Å². The first-order valence-electron chi connectivity index (χ1n) is 13.2. The van der Waals surface area contributed by atoms with Crippen LogP contribution in [0, 0.1) is 0 Å². The Balaban J connectivity index is 1.69. The molecule has 2 aromatic rings. The zero-order valence-corrected chi connectivity index (χ0v) is 22.4. The van der Waals surface area contributed by atoms with Crippen molar-refractivity contribution in [2.45, 2.75) is 69.3 Å². The van der Waals surface area contributed by atoms with Crippen LogP contribution in [-0.2, 0) is 25.6 Å². The number of aliphatic hydroxyl groups is 1. The number of likely N-dealkylation sites (tertiary alicyclic amines) is 1. The maximum absolute atomic E-state index is 13.3. The molecule has 2 heterocycles. The van der Waals surface area contributed by atoms with Gasteiger partial charge in [-0.2, -0.15) is 0 Å². The van der Waals surface area contributed by atoms with Gasteiger partial charge in [0.2, 0.25) is 17.7 Å². The Labute approximate surface area is 231 Å². The fourth-order valence-corrected chi connectivity index (χ4v) is 4.82. The first-order valence-corrected chi connectivity index (χ1v) is 13.2. The second kappa shape index (κ2) is 13.8. The lowest BCUT2D eigenvalue weighted by atomic mass is 10.0. The molecule has 1 aromatic heterocycles. The van der Waals surface area contributed by atoms with Gasteiger partial charge >= 0.3 is 5.97 Å². The molecule has 0 bridgehead atoms. The highest BCUT2D eigenvalue weighted by Gasteiger charge is 2.38. The number of fused-ring (bicyclic) bond motifs is 1. The van der Waals surface area contributed by atoms with E-state index in [-0.39, 0.29) is 31.3 Å². The number of aromatic nitrogens is 1. The zero-order chi connectivity index (χ0) is 29.4.